The van der Waals surface area contributed by atoms with Gasteiger partial charge >= 0.3 is 0 Å². The van der Waals surface area contributed by atoms with Crippen molar-refractivity contribution < 1.29 is 14.2 Å². The lowest BCUT2D eigenvalue weighted by atomic mass is 10.1. The molecule has 4 heteroatoms. The minimum absolute atomic E-state index is 0.137. The molecule has 0 atom stereocenters. The van der Waals surface area contributed by atoms with Gasteiger partial charge in [-0.25, -0.2) is 0 Å². The van der Waals surface area contributed by atoms with Gasteiger partial charge in [0.05, 0.1) is 19.8 Å². The van der Waals surface area contributed by atoms with Crippen LogP contribution in [0.15, 0.2) is 24.3 Å². The lowest BCUT2D eigenvalue weighted by molar-refractivity contribution is 0.0644. The SMILES string of the molecule is COCCOCCCOc1ccc(CNC(C)(C)C)cc1. The number of hydrogen-bond acceptors (Lipinski definition) is 4. The molecule has 0 amide bonds. The number of ether oxygens (including phenoxy) is 3. The first-order valence-corrected chi connectivity index (χ1v) is 7.55. The van der Waals surface area contributed by atoms with E-state index >= 15 is 0 Å². The van der Waals surface area contributed by atoms with Gasteiger partial charge in [-0.3, -0.25) is 0 Å². The summed E-state index contributed by atoms with van der Waals surface area (Å²) in [6.45, 7) is 10.0. The van der Waals surface area contributed by atoms with Gasteiger partial charge < -0.3 is 19.5 Å². The van der Waals surface area contributed by atoms with Gasteiger partial charge in [0.15, 0.2) is 0 Å². The zero-order valence-corrected chi connectivity index (χ0v) is 13.8. The fourth-order valence-corrected chi connectivity index (χ4v) is 1.67. The smallest absolute Gasteiger partial charge is 0.119 e. The van der Waals surface area contributed by atoms with Crippen molar-refractivity contribution in [1.82, 2.24) is 5.32 Å². The van der Waals surface area contributed by atoms with Crippen molar-refractivity contribution in [2.75, 3.05) is 33.5 Å². The zero-order chi connectivity index (χ0) is 15.6. The highest BCUT2D eigenvalue weighted by atomic mass is 16.5. The summed E-state index contributed by atoms with van der Waals surface area (Å²) < 4.78 is 16.0. The van der Waals surface area contributed by atoms with Crippen molar-refractivity contribution in [3.8, 4) is 5.75 Å². The van der Waals surface area contributed by atoms with E-state index in [0.29, 0.717) is 26.4 Å². The van der Waals surface area contributed by atoms with Crippen molar-refractivity contribution in [1.29, 1.82) is 0 Å². The topological polar surface area (TPSA) is 39.7 Å². The van der Waals surface area contributed by atoms with Gasteiger partial charge in [0, 0.05) is 32.2 Å². The molecule has 1 aromatic rings. The van der Waals surface area contributed by atoms with Gasteiger partial charge in [-0.15, -0.1) is 0 Å². The Hall–Kier alpha value is -1.10. The van der Waals surface area contributed by atoms with Crippen molar-refractivity contribution in [3.05, 3.63) is 29.8 Å². The Morgan fingerprint density at radius 3 is 2.29 bits per heavy atom. The molecule has 1 rings (SSSR count). The van der Waals surface area contributed by atoms with Crippen LogP contribution in [0.5, 0.6) is 5.75 Å². The molecule has 0 spiro atoms. The third-order valence-electron chi connectivity index (χ3n) is 2.88. The van der Waals surface area contributed by atoms with Crippen LogP contribution in [0, 0.1) is 0 Å². The Kier molecular flexibility index (Phi) is 8.35. The van der Waals surface area contributed by atoms with Crippen LogP contribution in [-0.4, -0.2) is 39.1 Å². The molecule has 0 unspecified atom stereocenters. The Labute approximate surface area is 128 Å². The predicted molar refractivity (Wildman–Crippen MR) is 85.8 cm³/mol. The normalized spacial score (nSPS) is 11.6. The zero-order valence-electron chi connectivity index (χ0n) is 13.8. The maximum Gasteiger partial charge on any atom is 0.119 e. The third-order valence-corrected chi connectivity index (χ3v) is 2.88. The van der Waals surface area contributed by atoms with Gasteiger partial charge in [0.2, 0.25) is 0 Å². The molecule has 21 heavy (non-hydrogen) atoms. The number of benzene rings is 1. The van der Waals surface area contributed by atoms with Crippen LogP contribution in [0.3, 0.4) is 0 Å². The quantitative estimate of drug-likeness (QED) is 0.674. The second-order valence-corrected chi connectivity index (χ2v) is 6.05. The van der Waals surface area contributed by atoms with Gasteiger partial charge in [-0.2, -0.15) is 0 Å². The Morgan fingerprint density at radius 1 is 0.952 bits per heavy atom. The first-order valence-electron chi connectivity index (χ1n) is 7.55. The summed E-state index contributed by atoms with van der Waals surface area (Å²) in [6, 6.07) is 8.24. The molecule has 0 bridgehead atoms. The summed E-state index contributed by atoms with van der Waals surface area (Å²) in [4.78, 5) is 0. The molecule has 0 saturated heterocycles. The van der Waals surface area contributed by atoms with Crippen LogP contribution in [0.4, 0.5) is 0 Å². The fraction of sp³-hybridized carbons (Fsp3) is 0.647. The largest absolute Gasteiger partial charge is 0.494 e. The molecule has 0 aliphatic heterocycles. The van der Waals surface area contributed by atoms with E-state index < -0.39 is 0 Å². The molecule has 0 aliphatic rings. The van der Waals surface area contributed by atoms with Crippen LogP contribution < -0.4 is 10.1 Å². The molecule has 120 valence electrons. The molecule has 0 radical (unpaired) electrons. The fourth-order valence-electron chi connectivity index (χ4n) is 1.67. The van der Waals surface area contributed by atoms with E-state index in [4.69, 9.17) is 14.2 Å². The van der Waals surface area contributed by atoms with E-state index in [0.717, 1.165) is 18.7 Å². The maximum absolute atomic E-state index is 5.68. The minimum Gasteiger partial charge on any atom is -0.494 e. The molecular formula is C17H29NO3. The maximum atomic E-state index is 5.68. The van der Waals surface area contributed by atoms with E-state index in [1.54, 1.807) is 7.11 Å². The van der Waals surface area contributed by atoms with E-state index in [2.05, 4.69) is 38.2 Å². The Bertz CT molecular complexity index is 371. The summed E-state index contributed by atoms with van der Waals surface area (Å²) in [7, 11) is 1.67. The molecule has 0 saturated carbocycles. The average Bonchev–Trinajstić information content (AvgIpc) is 2.44. The average molecular weight is 295 g/mol. The molecule has 4 nitrogen and oxygen atoms in total. The van der Waals surface area contributed by atoms with Gasteiger partial charge in [-0.1, -0.05) is 12.1 Å². The van der Waals surface area contributed by atoms with Crippen molar-refractivity contribution in [2.45, 2.75) is 39.3 Å². The van der Waals surface area contributed by atoms with Gasteiger partial charge in [-0.05, 0) is 38.5 Å². The summed E-state index contributed by atoms with van der Waals surface area (Å²) in [5, 5.41) is 3.47. The standard InChI is InChI=1S/C17H29NO3/c1-17(2,3)18-14-15-6-8-16(9-7-15)21-11-5-10-20-13-12-19-4/h6-9,18H,5,10-14H2,1-4H3. The lowest BCUT2D eigenvalue weighted by Gasteiger charge is -2.20. The number of rotatable bonds is 10. The molecule has 1 N–H and O–H groups in total. The second kappa shape index (κ2) is 9.77. The highest BCUT2D eigenvalue weighted by molar-refractivity contribution is 5.27. The summed E-state index contributed by atoms with van der Waals surface area (Å²) in [5.74, 6) is 0.909. The van der Waals surface area contributed by atoms with Crippen LogP contribution in [-0.2, 0) is 16.0 Å². The van der Waals surface area contributed by atoms with Crippen molar-refractivity contribution in [3.63, 3.8) is 0 Å². The number of hydrogen-bond donors (Lipinski definition) is 1. The van der Waals surface area contributed by atoms with E-state index in [-0.39, 0.29) is 5.54 Å². The summed E-state index contributed by atoms with van der Waals surface area (Å²) in [6.07, 6.45) is 0.886. The van der Waals surface area contributed by atoms with Crippen LogP contribution in [0.25, 0.3) is 0 Å². The van der Waals surface area contributed by atoms with E-state index in [1.165, 1.54) is 5.56 Å². The highest BCUT2D eigenvalue weighted by Gasteiger charge is 2.08. The third kappa shape index (κ3) is 9.45. The van der Waals surface area contributed by atoms with Crippen LogP contribution >= 0.6 is 0 Å². The monoisotopic (exact) mass is 295 g/mol. The lowest BCUT2D eigenvalue weighted by Crippen LogP contribution is -2.35. The Morgan fingerprint density at radius 2 is 1.67 bits per heavy atom. The molecule has 0 aromatic heterocycles. The van der Waals surface area contributed by atoms with Gasteiger partial charge in [0.1, 0.15) is 5.75 Å². The molecule has 0 fully saturated rings. The van der Waals surface area contributed by atoms with Crippen LogP contribution in [0.1, 0.15) is 32.8 Å². The molecule has 0 aliphatic carbocycles. The molecule has 1 aromatic carbocycles. The van der Waals surface area contributed by atoms with E-state index in [9.17, 15) is 0 Å². The first-order chi connectivity index (χ1) is 10.0. The van der Waals surface area contributed by atoms with Gasteiger partial charge in [0.25, 0.3) is 0 Å². The molecule has 0 heterocycles. The second-order valence-electron chi connectivity index (χ2n) is 6.05. The van der Waals surface area contributed by atoms with Crippen molar-refractivity contribution in [2.24, 2.45) is 0 Å². The Balaban J connectivity index is 2.16. The molecular weight excluding hydrogens is 266 g/mol. The predicted octanol–water partition coefficient (Wildman–Crippen LogP) is 3.01. The minimum atomic E-state index is 0.137. The number of nitrogens with one attached hydrogen (secondary N) is 1. The first kappa shape index (κ1) is 18.0. The highest BCUT2D eigenvalue weighted by Crippen LogP contribution is 2.13. The number of methoxy groups -OCH3 is 1. The van der Waals surface area contributed by atoms with E-state index in [1.807, 2.05) is 12.1 Å². The van der Waals surface area contributed by atoms with Crippen molar-refractivity contribution >= 4 is 0 Å². The summed E-state index contributed by atoms with van der Waals surface area (Å²) >= 11 is 0. The van der Waals surface area contributed by atoms with Crippen LogP contribution in [0.2, 0.25) is 0 Å². The summed E-state index contributed by atoms with van der Waals surface area (Å²) in [5.41, 5.74) is 1.40.